The monoisotopic (exact) mass is 358 g/mol. The van der Waals surface area contributed by atoms with Crippen LogP contribution in [-0.4, -0.2) is 35.9 Å². The maximum atomic E-state index is 12.8. The van der Waals surface area contributed by atoms with E-state index in [1.165, 1.54) is 0 Å². The van der Waals surface area contributed by atoms with Crippen molar-refractivity contribution in [2.75, 3.05) is 13.2 Å². The lowest BCUT2D eigenvalue weighted by Gasteiger charge is -2.29. The van der Waals surface area contributed by atoms with Gasteiger partial charge in [-0.05, 0) is 53.8 Å². The average Bonchev–Trinajstić information content (AvgIpc) is 3.06. The maximum Gasteiger partial charge on any atom is 0.261 e. The zero-order chi connectivity index (χ0) is 17.5. The molecule has 1 aliphatic heterocycles. The number of carbonyl (C=O) groups is 2. The van der Waals surface area contributed by atoms with Crippen LogP contribution in [-0.2, 0) is 16.1 Å². The van der Waals surface area contributed by atoms with Crippen molar-refractivity contribution in [3.8, 4) is 5.75 Å². The molecule has 0 bridgehead atoms. The molecule has 1 unspecified atom stereocenters. The Kier molecular flexibility index (Phi) is 6.06. The van der Waals surface area contributed by atoms with Crippen molar-refractivity contribution in [2.45, 2.75) is 31.8 Å². The van der Waals surface area contributed by atoms with E-state index in [1.807, 2.05) is 47.2 Å². The Morgan fingerprint density at radius 1 is 1.24 bits per heavy atom. The van der Waals surface area contributed by atoms with Crippen LogP contribution < -0.4 is 10.1 Å². The number of rotatable bonds is 6. The molecule has 1 aliphatic rings. The smallest absolute Gasteiger partial charge is 0.261 e. The van der Waals surface area contributed by atoms with Crippen LogP contribution in [0, 0.1) is 0 Å². The maximum absolute atomic E-state index is 12.8. The van der Waals surface area contributed by atoms with E-state index in [4.69, 9.17) is 4.74 Å². The highest BCUT2D eigenvalue weighted by Gasteiger charge is 2.31. The summed E-state index contributed by atoms with van der Waals surface area (Å²) >= 11 is 1.59. The summed E-state index contributed by atoms with van der Waals surface area (Å²) in [5, 5.41) is 6.90. The molecule has 0 saturated carbocycles. The Balaban J connectivity index is 1.72. The van der Waals surface area contributed by atoms with E-state index < -0.39 is 6.04 Å². The van der Waals surface area contributed by atoms with E-state index in [2.05, 4.69) is 5.32 Å². The quantitative estimate of drug-likeness (QED) is 0.864. The van der Waals surface area contributed by atoms with Crippen LogP contribution >= 0.6 is 11.3 Å². The second-order valence-corrected chi connectivity index (χ2v) is 6.84. The number of ether oxygens (including phenoxy) is 1. The van der Waals surface area contributed by atoms with Crippen molar-refractivity contribution >= 4 is 23.2 Å². The molecule has 1 atom stereocenters. The van der Waals surface area contributed by atoms with Gasteiger partial charge in [0.15, 0.2) is 6.61 Å². The number of nitrogens with one attached hydrogen (secondary N) is 1. The normalized spacial score (nSPS) is 17.4. The summed E-state index contributed by atoms with van der Waals surface area (Å²) < 4.78 is 5.60. The minimum atomic E-state index is -0.436. The summed E-state index contributed by atoms with van der Waals surface area (Å²) in [4.78, 5) is 26.9. The number of para-hydroxylation sites is 1. The number of benzene rings is 1. The van der Waals surface area contributed by atoms with Gasteiger partial charge in [-0.3, -0.25) is 9.59 Å². The molecule has 0 radical (unpaired) electrons. The molecule has 0 aliphatic carbocycles. The number of thiophene rings is 1. The standard InChI is InChI=1S/C19H22N2O3S/c22-18(13-24-16-6-2-1-3-7-16)21(12-15-9-11-25-14-15)17-8-4-5-10-20-19(17)23/h1-3,6-7,9,11,14,17H,4-5,8,10,12-13H2,(H,20,23). The SMILES string of the molecule is O=C1NCCCCC1N(Cc1ccsc1)C(=O)COc1ccccc1. The van der Waals surface area contributed by atoms with E-state index in [0.717, 1.165) is 18.4 Å². The molecule has 2 amide bonds. The van der Waals surface area contributed by atoms with Gasteiger partial charge in [0.05, 0.1) is 0 Å². The van der Waals surface area contributed by atoms with Crippen LogP contribution in [0.5, 0.6) is 5.75 Å². The molecule has 3 rings (SSSR count). The Labute approximate surface area is 151 Å². The number of hydrogen-bond donors (Lipinski definition) is 1. The summed E-state index contributed by atoms with van der Waals surface area (Å²) in [6, 6.07) is 10.8. The predicted molar refractivity (Wildman–Crippen MR) is 97.5 cm³/mol. The van der Waals surface area contributed by atoms with Gasteiger partial charge in [-0.15, -0.1) is 0 Å². The molecule has 1 aromatic heterocycles. The molecule has 132 valence electrons. The van der Waals surface area contributed by atoms with Crippen LogP contribution in [0.2, 0.25) is 0 Å². The molecule has 2 heterocycles. The van der Waals surface area contributed by atoms with E-state index in [-0.39, 0.29) is 18.4 Å². The van der Waals surface area contributed by atoms with Crippen molar-refractivity contribution in [3.05, 3.63) is 52.7 Å². The third-order valence-electron chi connectivity index (χ3n) is 4.24. The number of carbonyl (C=O) groups excluding carboxylic acids is 2. The molecule has 0 spiro atoms. The lowest BCUT2D eigenvalue weighted by Crippen LogP contribution is -2.49. The van der Waals surface area contributed by atoms with Crippen molar-refractivity contribution in [2.24, 2.45) is 0 Å². The van der Waals surface area contributed by atoms with Gasteiger partial charge in [0.25, 0.3) is 5.91 Å². The van der Waals surface area contributed by atoms with E-state index in [0.29, 0.717) is 25.3 Å². The Hall–Kier alpha value is -2.34. The molecule has 1 aromatic carbocycles. The summed E-state index contributed by atoms with van der Waals surface area (Å²) in [5.74, 6) is 0.412. The van der Waals surface area contributed by atoms with Crippen LogP contribution in [0.1, 0.15) is 24.8 Å². The van der Waals surface area contributed by atoms with Gasteiger partial charge in [-0.1, -0.05) is 18.2 Å². The molecule has 1 fully saturated rings. The summed E-state index contributed by atoms with van der Waals surface area (Å²) in [5.41, 5.74) is 1.04. The molecule has 2 aromatic rings. The van der Waals surface area contributed by atoms with Gasteiger partial charge in [0, 0.05) is 13.1 Å². The van der Waals surface area contributed by atoms with E-state index in [9.17, 15) is 9.59 Å². The Morgan fingerprint density at radius 3 is 2.84 bits per heavy atom. The summed E-state index contributed by atoms with van der Waals surface area (Å²) in [6.07, 6.45) is 2.56. The van der Waals surface area contributed by atoms with Crippen molar-refractivity contribution in [1.82, 2.24) is 10.2 Å². The second-order valence-electron chi connectivity index (χ2n) is 6.06. The van der Waals surface area contributed by atoms with Crippen molar-refractivity contribution in [1.29, 1.82) is 0 Å². The molecular weight excluding hydrogens is 336 g/mol. The van der Waals surface area contributed by atoms with Crippen LogP contribution in [0.25, 0.3) is 0 Å². The summed E-state index contributed by atoms with van der Waals surface area (Å²) in [7, 11) is 0. The highest BCUT2D eigenvalue weighted by atomic mass is 32.1. The zero-order valence-corrected chi connectivity index (χ0v) is 14.8. The first-order valence-electron chi connectivity index (χ1n) is 8.50. The highest BCUT2D eigenvalue weighted by molar-refractivity contribution is 7.07. The fourth-order valence-corrected chi connectivity index (χ4v) is 3.58. The van der Waals surface area contributed by atoms with Gasteiger partial charge in [0.1, 0.15) is 11.8 Å². The van der Waals surface area contributed by atoms with Crippen LogP contribution in [0.4, 0.5) is 0 Å². The van der Waals surface area contributed by atoms with Gasteiger partial charge in [-0.2, -0.15) is 11.3 Å². The van der Waals surface area contributed by atoms with Crippen LogP contribution in [0.3, 0.4) is 0 Å². The average molecular weight is 358 g/mol. The largest absolute Gasteiger partial charge is 0.484 e. The lowest BCUT2D eigenvalue weighted by molar-refractivity contribution is -0.142. The first-order valence-corrected chi connectivity index (χ1v) is 9.44. The fraction of sp³-hybridized carbons (Fsp3) is 0.368. The third kappa shape index (κ3) is 4.82. The number of hydrogen-bond acceptors (Lipinski definition) is 4. The van der Waals surface area contributed by atoms with Gasteiger partial charge in [0.2, 0.25) is 5.91 Å². The Morgan fingerprint density at radius 2 is 2.08 bits per heavy atom. The highest BCUT2D eigenvalue weighted by Crippen LogP contribution is 2.18. The molecule has 1 saturated heterocycles. The number of nitrogens with zero attached hydrogens (tertiary/aromatic N) is 1. The fourth-order valence-electron chi connectivity index (χ4n) is 2.92. The minimum Gasteiger partial charge on any atom is -0.484 e. The molecule has 25 heavy (non-hydrogen) atoms. The zero-order valence-electron chi connectivity index (χ0n) is 14.0. The third-order valence-corrected chi connectivity index (χ3v) is 4.97. The van der Waals surface area contributed by atoms with E-state index >= 15 is 0 Å². The molecular formula is C19H22N2O3S. The summed E-state index contributed by atoms with van der Waals surface area (Å²) in [6.45, 7) is 1.03. The Bertz CT molecular complexity index is 688. The van der Waals surface area contributed by atoms with Crippen LogP contribution in [0.15, 0.2) is 47.2 Å². The first kappa shape index (κ1) is 17.5. The topological polar surface area (TPSA) is 58.6 Å². The number of amides is 2. The predicted octanol–water partition coefficient (Wildman–Crippen LogP) is 2.82. The van der Waals surface area contributed by atoms with Crippen molar-refractivity contribution in [3.63, 3.8) is 0 Å². The van der Waals surface area contributed by atoms with Gasteiger partial charge < -0.3 is 15.0 Å². The molecule has 1 N–H and O–H groups in total. The molecule has 6 heteroatoms. The minimum absolute atomic E-state index is 0.0687. The van der Waals surface area contributed by atoms with Crippen molar-refractivity contribution < 1.29 is 14.3 Å². The molecule has 5 nitrogen and oxygen atoms in total. The lowest BCUT2D eigenvalue weighted by atomic mass is 10.1. The van der Waals surface area contributed by atoms with Gasteiger partial charge in [-0.25, -0.2) is 0 Å². The van der Waals surface area contributed by atoms with E-state index in [1.54, 1.807) is 16.2 Å². The first-order chi connectivity index (χ1) is 12.2. The second kappa shape index (κ2) is 8.67. The van der Waals surface area contributed by atoms with Gasteiger partial charge >= 0.3 is 0 Å².